The number of nitrogens with two attached hydrogens (primary N) is 1. The summed E-state index contributed by atoms with van der Waals surface area (Å²) in [4.78, 5) is 18.7. The zero-order valence-electron chi connectivity index (χ0n) is 11.8. The minimum absolute atomic E-state index is 0.0462. The van der Waals surface area contributed by atoms with E-state index in [1.54, 1.807) is 4.57 Å². The van der Waals surface area contributed by atoms with Crippen LogP contribution in [0.2, 0.25) is 0 Å². The molecular formula is C15H17N5O. The lowest BCUT2D eigenvalue weighted by Gasteiger charge is -2.30. The van der Waals surface area contributed by atoms with E-state index in [1.165, 1.54) is 12.4 Å². The van der Waals surface area contributed by atoms with E-state index in [9.17, 15) is 4.79 Å². The van der Waals surface area contributed by atoms with Crippen LogP contribution >= 0.6 is 0 Å². The first-order valence-electron chi connectivity index (χ1n) is 6.84. The SMILES string of the molecule is Cn1c(C(=O)N2CCC2)cc2ccc(C(C=N)=CN)nc21. The minimum atomic E-state index is 0.0462. The molecule has 3 heterocycles. The minimum Gasteiger partial charge on any atom is -0.404 e. The van der Waals surface area contributed by atoms with E-state index in [1.807, 2.05) is 30.1 Å². The number of hydrogen-bond donors (Lipinski definition) is 2. The second kappa shape index (κ2) is 5.05. The first kappa shape index (κ1) is 13.4. The van der Waals surface area contributed by atoms with Gasteiger partial charge in [0, 0.05) is 43.5 Å². The fourth-order valence-electron chi connectivity index (χ4n) is 2.45. The molecule has 3 rings (SSSR count). The van der Waals surface area contributed by atoms with Gasteiger partial charge in [-0.3, -0.25) is 4.79 Å². The largest absolute Gasteiger partial charge is 0.404 e. The Hall–Kier alpha value is -2.63. The fraction of sp³-hybridized carbons (Fsp3) is 0.267. The van der Waals surface area contributed by atoms with Crippen LogP contribution in [0.1, 0.15) is 22.6 Å². The molecule has 108 valence electrons. The Morgan fingerprint density at radius 2 is 2.19 bits per heavy atom. The monoisotopic (exact) mass is 283 g/mol. The van der Waals surface area contributed by atoms with E-state index in [0.29, 0.717) is 17.0 Å². The van der Waals surface area contributed by atoms with Crippen LogP contribution in [0.5, 0.6) is 0 Å². The summed E-state index contributed by atoms with van der Waals surface area (Å²) in [7, 11) is 1.84. The fourth-order valence-corrected chi connectivity index (χ4v) is 2.45. The molecule has 1 fully saturated rings. The number of aryl methyl sites for hydroxylation is 1. The maximum atomic E-state index is 12.4. The molecule has 1 aliphatic rings. The molecule has 1 saturated heterocycles. The van der Waals surface area contributed by atoms with E-state index in [4.69, 9.17) is 11.1 Å². The van der Waals surface area contributed by atoms with Crippen molar-refractivity contribution >= 4 is 28.7 Å². The van der Waals surface area contributed by atoms with Crippen molar-refractivity contribution < 1.29 is 4.79 Å². The zero-order chi connectivity index (χ0) is 15.0. The van der Waals surface area contributed by atoms with Crippen LogP contribution < -0.4 is 5.73 Å². The lowest BCUT2D eigenvalue weighted by Crippen LogP contribution is -2.42. The van der Waals surface area contributed by atoms with Crippen LogP contribution in [0, 0.1) is 5.41 Å². The second-order valence-electron chi connectivity index (χ2n) is 5.11. The predicted molar refractivity (Wildman–Crippen MR) is 82.2 cm³/mol. The molecule has 0 bridgehead atoms. The van der Waals surface area contributed by atoms with Crippen LogP contribution in [0.25, 0.3) is 16.6 Å². The van der Waals surface area contributed by atoms with Crippen molar-refractivity contribution in [1.82, 2.24) is 14.5 Å². The number of hydrogen-bond acceptors (Lipinski definition) is 4. The Bertz CT molecular complexity index is 755. The Morgan fingerprint density at radius 3 is 2.76 bits per heavy atom. The number of fused-ring (bicyclic) bond motifs is 1. The van der Waals surface area contributed by atoms with E-state index in [0.717, 1.165) is 30.5 Å². The van der Waals surface area contributed by atoms with Gasteiger partial charge in [0.05, 0.1) is 5.69 Å². The number of carbonyl (C=O) groups is 1. The van der Waals surface area contributed by atoms with Gasteiger partial charge in [-0.2, -0.15) is 0 Å². The number of nitrogens with zero attached hydrogens (tertiary/aromatic N) is 3. The second-order valence-corrected chi connectivity index (χ2v) is 5.11. The van der Waals surface area contributed by atoms with Gasteiger partial charge < -0.3 is 20.6 Å². The Balaban J connectivity index is 2.07. The molecule has 1 amide bonds. The van der Waals surface area contributed by atoms with Gasteiger partial charge in [-0.25, -0.2) is 4.98 Å². The summed E-state index contributed by atoms with van der Waals surface area (Å²) >= 11 is 0. The van der Waals surface area contributed by atoms with Crippen molar-refractivity contribution in [2.75, 3.05) is 13.1 Å². The van der Waals surface area contributed by atoms with Crippen molar-refractivity contribution in [3.05, 3.63) is 35.8 Å². The van der Waals surface area contributed by atoms with Crippen molar-refractivity contribution in [1.29, 1.82) is 5.41 Å². The van der Waals surface area contributed by atoms with Gasteiger partial charge in [0.15, 0.2) is 0 Å². The van der Waals surface area contributed by atoms with E-state index >= 15 is 0 Å². The summed E-state index contributed by atoms with van der Waals surface area (Å²) in [5.74, 6) is 0.0462. The Kier molecular flexibility index (Phi) is 3.21. The van der Waals surface area contributed by atoms with E-state index in [-0.39, 0.29) is 5.91 Å². The van der Waals surface area contributed by atoms with Crippen LogP contribution in [0.3, 0.4) is 0 Å². The summed E-state index contributed by atoms with van der Waals surface area (Å²) in [6.45, 7) is 1.65. The number of nitrogens with one attached hydrogen (secondary N) is 1. The molecule has 0 radical (unpaired) electrons. The van der Waals surface area contributed by atoms with Gasteiger partial charge in [0.2, 0.25) is 0 Å². The first-order chi connectivity index (χ1) is 10.2. The summed E-state index contributed by atoms with van der Waals surface area (Å²) in [5, 5.41) is 8.25. The third kappa shape index (κ3) is 2.08. The van der Waals surface area contributed by atoms with Gasteiger partial charge in [0.25, 0.3) is 5.91 Å². The maximum Gasteiger partial charge on any atom is 0.270 e. The highest BCUT2D eigenvalue weighted by Gasteiger charge is 2.24. The molecule has 3 N–H and O–H groups in total. The number of allylic oxidation sites excluding steroid dienone is 1. The average Bonchev–Trinajstić information content (AvgIpc) is 2.76. The van der Waals surface area contributed by atoms with Crippen LogP contribution in [0.4, 0.5) is 0 Å². The van der Waals surface area contributed by atoms with Crippen molar-refractivity contribution in [2.24, 2.45) is 12.8 Å². The van der Waals surface area contributed by atoms with E-state index in [2.05, 4.69) is 4.98 Å². The summed E-state index contributed by atoms with van der Waals surface area (Å²) in [6, 6.07) is 5.57. The maximum absolute atomic E-state index is 12.4. The highest BCUT2D eigenvalue weighted by atomic mass is 16.2. The quantitative estimate of drug-likeness (QED) is 0.834. The molecule has 0 spiro atoms. The molecule has 1 aliphatic heterocycles. The number of carbonyl (C=O) groups excluding carboxylic acids is 1. The van der Waals surface area contributed by atoms with Crippen LogP contribution in [0.15, 0.2) is 24.4 Å². The van der Waals surface area contributed by atoms with Crippen molar-refractivity contribution in [2.45, 2.75) is 6.42 Å². The lowest BCUT2D eigenvalue weighted by atomic mass is 10.2. The predicted octanol–water partition coefficient (Wildman–Crippen LogP) is 1.37. The van der Waals surface area contributed by atoms with Gasteiger partial charge in [-0.15, -0.1) is 0 Å². The summed E-state index contributed by atoms with van der Waals surface area (Å²) in [5.41, 5.74) is 8.04. The van der Waals surface area contributed by atoms with Crippen molar-refractivity contribution in [3.8, 4) is 0 Å². The molecule has 0 aromatic carbocycles. The van der Waals surface area contributed by atoms with Gasteiger partial charge in [0.1, 0.15) is 11.3 Å². The highest BCUT2D eigenvalue weighted by Crippen LogP contribution is 2.22. The van der Waals surface area contributed by atoms with Gasteiger partial charge in [-0.05, 0) is 24.6 Å². The first-order valence-corrected chi connectivity index (χ1v) is 6.84. The molecule has 2 aromatic rings. The molecule has 2 aromatic heterocycles. The highest BCUT2D eigenvalue weighted by molar-refractivity contribution is 6.08. The molecule has 0 saturated carbocycles. The van der Waals surface area contributed by atoms with E-state index < -0.39 is 0 Å². The lowest BCUT2D eigenvalue weighted by molar-refractivity contribution is 0.0642. The molecule has 0 atom stereocenters. The van der Waals surface area contributed by atoms with Gasteiger partial charge in [-0.1, -0.05) is 0 Å². The molecular weight excluding hydrogens is 266 g/mol. The molecule has 6 nitrogen and oxygen atoms in total. The number of amides is 1. The number of pyridine rings is 1. The smallest absolute Gasteiger partial charge is 0.270 e. The summed E-state index contributed by atoms with van der Waals surface area (Å²) in [6.07, 6.45) is 3.60. The third-order valence-electron chi connectivity index (χ3n) is 3.87. The average molecular weight is 283 g/mol. The molecule has 0 aliphatic carbocycles. The molecule has 6 heteroatoms. The number of likely N-dealkylation sites (tertiary alicyclic amines) is 1. The summed E-state index contributed by atoms with van der Waals surface area (Å²) < 4.78 is 1.80. The standard InChI is InChI=1S/C15H17N5O/c1-19-13(15(21)20-5-2-6-20)7-10-3-4-12(18-14(10)19)11(8-16)9-17/h3-4,7-9,16H,2,5-6,17H2,1H3. The third-order valence-corrected chi connectivity index (χ3v) is 3.87. The normalized spacial score (nSPS) is 15.1. The van der Waals surface area contributed by atoms with Crippen LogP contribution in [-0.4, -0.2) is 39.7 Å². The Labute approximate surface area is 122 Å². The zero-order valence-corrected chi connectivity index (χ0v) is 11.8. The Morgan fingerprint density at radius 1 is 1.43 bits per heavy atom. The molecule has 0 unspecified atom stereocenters. The molecule has 21 heavy (non-hydrogen) atoms. The topological polar surface area (TPSA) is 88.0 Å². The number of aromatic nitrogens is 2. The number of rotatable bonds is 3. The van der Waals surface area contributed by atoms with Gasteiger partial charge >= 0.3 is 0 Å². The van der Waals surface area contributed by atoms with Crippen molar-refractivity contribution in [3.63, 3.8) is 0 Å². The van der Waals surface area contributed by atoms with Crippen LogP contribution in [-0.2, 0) is 7.05 Å².